The first kappa shape index (κ1) is 8.28. The van der Waals surface area contributed by atoms with E-state index in [9.17, 15) is 9.59 Å². The van der Waals surface area contributed by atoms with E-state index in [1.54, 1.807) is 0 Å². The highest BCUT2D eigenvalue weighted by Crippen LogP contribution is 1.96. The van der Waals surface area contributed by atoms with Crippen molar-refractivity contribution in [2.45, 2.75) is 6.92 Å². The van der Waals surface area contributed by atoms with Gasteiger partial charge in [0, 0.05) is 11.8 Å². The lowest BCUT2D eigenvalue weighted by Crippen LogP contribution is -2.15. The highest BCUT2D eigenvalue weighted by Gasteiger charge is 2.04. The number of terminal acetylenes is 1. The van der Waals surface area contributed by atoms with Crippen molar-refractivity contribution >= 4 is 5.78 Å². The van der Waals surface area contributed by atoms with Gasteiger partial charge in [-0.05, 0) is 13.0 Å². The van der Waals surface area contributed by atoms with Crippen LogP contribution in [-0.2, 0) is 0 Å². The van der Waals surface area contributed by atoms with Crippen LogP contribution in [0.5, 0.6) is 0 Å². The molecular formula is C9H7NO2. The first-order valence-electron chi connectivity index (χ1n) is 3.35. The molecule has 0 fully saturated rings. The number of hydrogen-bond acceptors (Lipinski definition) is 2. The van der Waals surface area contributed by atoms with Crippen LogP contribution in [-0.4, -0.2) is 10.8 Å². The van der Waals surface area contributed by atoms with E-state index in [-0.39, 0.29) is 11.3 Å². The van der Waals surface area contributed by atoms with E-state index in [1.807, 2.05) is 0 Å². The van der Waals surface area contributed by atoms with E-state index in [1.165, 1.54) is 19.2 Å². The Morgan fingerprint density at radius 1 is 1.67 bits per heavy atom. The second-order valence-electron chi connectivity index (χ2n) is 2.33. The summed E-state index contributed by atoms with van der Waals surface area (Å²) in [5, 5.41) is 0. The van der Waals surface area contributed by atoms with Crippen LogP contribution >= 0.6 is 0 Å². The Hall–Kier alpha value is -1.82. The molecule has 0 aliphatic carbocycles. The van der Waals surface area contributed by atoms with Crippen molar-refractivity contribution in [2.24, 2.45) is 0 Å². The lowest BCUT2D eigenvalue weighted by atomic mass is 10.1. The third-order valence-electron chi connectivity index (χ3n) is 1.45. The maximum absolute atomic E-state index is 11.0. The van der Waals surface area contributed by atoms with Gasteiger partial charge in [-0.25, -0.2) is 0 Å². The number of hydrogen-bond donors (Lipinski definition) is 1. The minimum absolute atomic E-state index is 0.102. The lowest BCUT2D eigenvalue weighted by molar-refractivity contribution is 0.101. The van der Waals surface area contributed by atoms with Gasteiger partial charge in [0.25, 0.3) is 5.56 Å². The van der Waals surface area contributed by atoms with Gasteiger partial charge in [0.05, 0.1) is 5.56 Å². The first-order chi connectivity index (χ1) is 5.65. The molecule has 1 aromatic heterocycles. The smallest absolute Gasteiger partial charge is 0.258 e. The van der Waals surface area contributed by atoms with Crippen LogP contribution in [0.2, 0.25) is 0 Å². The molecule has 60 valence electrons. The summed E-state index contributed by atoms with van der Waals surface area (Å²) in [4.78, 5) is 24.2. The standard InChI is InChI=1S/C9H7NO2/c1-3-7-4-8(6(2)11)9(12)10-5-7/h1,4-5H,2H3,(H,10,12). The number of carbonyl (C=O) groups is 1. The van der Waals surface area contributed by atoms with Gasteiger partial charge in [0.2, 0.25) is 0 Å². The fraction of sp³-hybridized carbons (Fsp3) is 0.111. The van der Waals surface area contributed by atoms with Crippen molar-refractivity contribution < 1.29 is 4.79 Å². The van der Waals surface area contributed by atoms with Crippen molar-refractivity contribution in [3.63, 3.8) is 0 Å². The second-order valence-corrected chi connectivity index (χ2v) is 2.33. The summed E-state index contributed by atoms with van der Waals surface area (Å²) in [6, 6.07) is 1.40. The molecule has 0 atom stereocenters. The number of carbonyl (C=O) groups excluding carboxylic acids is 1. The van der Waals surface area contributed by atoms with Gasteiger partial charge >= 0.3 is 0 Å². The van der Waals surface area contributed by atoms with Crippen LogP contribution in [0.25, 0.3) is 0 Å². The number of aromatic nitrogens is 1. The van der Waals surface area contributed by atoms with Crippen LogP contribution in [0.3, 0.4) is 0 Å². The fourth-order valence-corrected chi connectivity index (χ4v) is 0.829. The Bertz CT molecular complexity index is 409. The molecule has 0 unspecified atom stereocenters. The van der Waals surface area contributed by atoms with Gasteiger partial charge < -0.3 is 4.98 Å². The fourth-order valence-electron chi connectivity index (χ4n) is 0.829. The van der Waals surface area contributed by atoms with Crippen molar-refractivity contribution in [3.05, 3.63) is 33.7 Å². The monoisotopic (exact) mass is 161 g/mol. The molecule has 0 bridgehead atoms. The number of Topliss-reactive ketones (excluding diaryl/α,β-unsaturated/α-hetero) is 1. The summed E-state index contributed by atoms with van der Waals surface area (Å²) < 4.78 is 0. The molecule has 0 aliphatic rings. The summed E-state index contributed by atoms with van der Waals surface area (Å²) in [5.41, 5.74) is 0.201. The normalized spacial score (nSPS) is 9.00. The molecule has 1 rings (SSSR count). The number of ketones is 1. The molecule has 1 heterocycles. The Balaban J connectivity index is 3.39. The summed E-state index contributed by atoms with van der Waals surface area (Å²) in [6.45, 7) is 1.32. The van der Waals surface area contributed by atoms with E-state index in [0.717, 1.165) is 0 Å². The molecule has 0 aliphatic heterocycles. The molecular weight excluding hydrogens is 154 g/mol. The largest absolute Gasteiger partial charge is 0.327 e. The van der Waals surface area contributed by atoms with Crippen molar-refractivity contribution in [1.29, 1.82) is 0 Å². The molecule has 0 amide bonds. The summed E-state index contributed by atoms with van der Waals surface area (Å²) in [5.74, 6) is 2.04. The number of nitrogens with one attached hydrogen (secondary N) is 1. The molecule has 0 spiro atoms. The van der Waals surface area contributed by atoms with E-state index < -0.39 is 5.56 Å². The van der Waals surface area contributed by atoms with Gasteiger partial charge in [-0.1, -0.05) is 5.92 Å². The van der Waals surface area contributed by atoms with E-state index in [4.69, 9.17) is 6.42 Å². The lowest BCUT2D eigenvalue weighted by Gasteiger charge is -1.94. The predicted molar refractivity (Wildman–Crippen MR) is 45.0 cm³/mol. The number of pyridine rings is 1. The Labute approximate surface area is 69.4 Å². The number of aromatic amines is 1. The quantitative estimate of drug-likeness (QED) is 0.483. The second kappa shape index (κ2) is 3.05. The van der Waals surface area contributed by atoms with Gasteiger partial charge in [-0.3, -0.25) is 9.59 Å². The van der Waals surface area contributed by atoms with E-state index in [0.29, 0.717) is 5.56 Å². The molecule has 3 heteroatoms. The molecule has 1 aromatic rings. The SMILES string of the molecule is C#Cc1c[nH]c(=O)c(C(C)=O)c1. The average Bonchev–Trinajstić information content (AvgIpc) is 2.05. The molecule has 0 aromatic carbocycles. The van der Waals surface area contributed by atoms with Crippen LogP contribution < -0.4 is 5.56 Å². The minimum atomic E-state index is -0.401. The Morgan fingerprint density at radius 2 is 2.33 bits per heavy atom. The maximum atomic E-state index is 11.0. The highest BCUT2D eigenvalue weighted by atomic mass is 16.1. The average molecular weight is 161 g/mol. The molecule has 1 N–H and O–H groups in total. The van der Waals surface area contributed by atoms with Crippen LogP contribution in [0, 0.1) is 12.3 Å². The molecule has 3 nitrogen and oxygen atoms in total. The summed E-state index contributed by atoms with van der Waals surface area (Å²) in [6.07, 6.45) is 6.48. The van der Waals surface area contributed by atoms with Crippen molar-refractivity contribution in [2.75, 3.05) is 0 Å². The minimum Gasteiger partial charge on any atom is -0.327 e. The van der Waals surface area contributed by atoms with Crippen molar-refractivity contribution in [1.82, 2.24) is 4.98 Å². The van der Waals surface area contributed by atoms with Gasteiger partial charge in [-0.15, -0.1) is 6.42 Å². The van der Waals surface area contributed by atoms with E-state index >= 15 is 0 Å². The summed E-state index contributed by atoms with van der Waals surface area (Å²) >= 11 is 0. The third-order valence-corrected chi connectivity index (χ3v) is 1.45. The molecule has 0 saturated carbocycles. The van der Waals surface area contributed by atoms with E-state index in [2.05, 4.69) is 10.9 Å². The van der Waals surface area contributed by atoms with Crippen LogP contribution in [0.4, 0.5) is 0 Å². The zero-order chi connectivity index (χ0) is 9.14. The zero-order valence-corrected chi connectivity index (χ0v) is 6.55. The van der Waals surface area contributed by atoms with Crippen LogP contribution in [0.1, 0.15) is 22.8 Å². The number of H-pyrrole nitrogens is 1. The zero-order valence-electron chi connectivity index (χ0n) is 6.55. The van der Waals surface area contributed by atoms with Gasteiger partial charge in [0.15, 0.2) is 5.78 Å². The van der Waals surface area contributed by atoms with Crippen LogP contribution in [0.15, 0.2) is 17.1 Å². The topological polar surface area (TPSA) is 49.9 Å². The highest BCUT2D eigenvalue weighted by molar-refractivity contribution is 5.93. The predicted octanol–water partition coefficient (Wildman–Crippen LogP) is 0.559. The van der Waals surface area contributed by atoms with Crippen molar-refractivity contribution in [3.8, 4) is 12.3 Å². The molecule has 0 saturated heterocycles. The number of rotatable bonds is 1. The Kier molecular flexibility index (Phi) is 2.11. The molecule has 0 radical (unpaired) electrons. The van der Waals surface area contributed by atoms with Gasteiger partial charge in [0.1, 0.15) is 0 Å². The molecule has 12 heavy (non-hydrogen) atoms. The summed E-state index contributed by atoms with van der Waals surface area (Å²) in [7, 11) is 0. The first-order valence-corrected chi connectivity index (χ1v) is 3.35. The van der Waals surface area contributed by atoms with Gasteiger partial charge in [-0.2, -0.15) is 0 Å². The third kappa shape index (κ3) is 1.43. The maximum Gasteiger partial charge on any atom is 0.258 e. The Morgan fingerprint density at radius 3 is 2.83 bits per heavy atom.